The number of fused-ring (bicyclic) bond motifs is 1. The number of anilines is 1. The average molecular weight is 439 g/mol. The van der Waals surface area contributed by atoms with Gasteiger partial charge in [-0.25, -0.2) is 4.98 Å². The molecule has 1 aliphatic heterocycles. The van der Waals surface area contributed by atoms with Crippen LogP contribution in [0.1, 0.15) is 29.9 Å². The summed E-state index contributed by atoms with van der Waals surface area (Å²) in [5.74, 6) is -0.583. The van der Waals surface area contributed by atoms with Crippen LogP contribution in [-0.2, 0) is 16.1 Å². The van der Waals surface area contributed by atoms with Crippen LogP contribution in [0.15, 0.2) is 47.8 Å². The van der Waals surface area contributed by atoms with Gasteiger partial charge in [-0.3, -0.25) is 14.5 Å². The molecule has 31 heavy (non-hydrogen) atoms. The molecule has 2 atom stereocenters. The highest BCUT2D eigenvalue weighted by Crippen LogP contribution is 2.19. The number of carbonyl (C=O) groups excluding carboxylic acids is 2. The van der Waals surface area contributed by atoms with Gasteiger partial charge in [0.05, 0.1) is 24.4 Å². The monoisotopic (exact) mass is 438 g/mol. The summed E-state index contributed by atoms with van der Waals surface area (Å²) >= 11 is 1.39. The quantitative estimate of drug-likeness (QED) is 0.617. The van der Waals surface area contributed by atoms with Crippen molar-refractivity contribution in [2.24, 2.45) is 0 Å². The fourth-order valence-electron chi connectivity index (χ4n) is 3.84. The molecule has 8 heteroatoms. The van der Waals surface area contributed by atoms with E-state index in [2.05, 4.69) is 34.4 Å². The standard InChI is InChI=1S/C23H26N4O3S/c1-15-11-27(12-16(2)30-15)13-20-14-31-23(25-20)26-21(28)10-24-22(29)19-8-7-17-5-3-4-6-18(17)9-19/h3-9,14-16H,10-13H2,1-2H3,(H,24,29)(H,25,26,28)/t15-,16-/m0/s1. The van der Waals surface area contributed by atoms with E-state index in [1.54, 1.807) is 6.07 Å². The average Bonchev–Trinajstić information content (AvgIpc) is 3.17. The normalized spacial score (nSPS) is 19.3. The van der Waals surface area contributed by atoms with Crippen molar-refractivity contribution in [2.75, 3.05) is 25.0 Å². The Kier molecular flexibility index (Phi) is 6.60. The van der Waals surface area contributed by atoms with Gasteiger partial charge in [-0.1, -0.05) is 30.3 Å². The van der Waals surface area contributed by atoms with Gasteiger partial charge in [0.25, 0.3) is 5.91 Å². The highest BCUT2D eigenvalue weighted by atomic mass is 32.1. The second-order valence-corrected chi connectivity index (χ2v) is 8.75. The van der Waals surface area contributed by atoms with Crippen LogP contribution in [0.2, 0.25) is 0 Å². The molecular weight excluding hydrogens is 412 g/mol. The van der Waals surface area contributed by atoms with Gasteiger partial charge < -0.3 is 15.4 Å². The summed E-state index contributed by atoms with van der Waals surface area (Å²) in [6.45, 7) is 6.49. The molecule has 0 spiro atoms. The number of hydrogen-bond donors (Lipinski definition) is 2. The van der Waals surface area contributed by atoms with Crippen molar-refractivity contribution < 1.29 is 14.3 Å². The molecule has 2 heterocycles. The lowest BCUT2D eigenvalue weighted by molar-refractivity contribution is -0.115. The van der Waals surface area contributed by atoms with Crippen LogP contribution < -0.4 is 10.6 Å². The minimum atomic E-state index is -0.302. The van der Waals surface area contributed by atoms with Crippen LogP contribution in [0.5, 0.6) is 0 Å². The first-order chi connectivity index (χ1) is 15.0. The minimum Gasteiger partial charge on any atom is -0.373 e. The number of carbonyl (C=O) groups is 2. The lowest BCUT2D eigenvalue weighted by Crippen LogP contribution is -2.44. The molecule has 1 fully saturated rings. The number of thiazole rings is 1. The summed E-state index contributed by atoms with van der Waals surface area (Å²) in [6.07, 6.45) is 0.403. The fraction of sp³-hybridized carbons (Fsp3) is 0.348. The van der Waals surface area contributed by atoms with Gasteiger partial charge in [0.15, 0.2) is 5.13 Å². The van der Waals surface area contributed by atoms with Gasteiger partial charge in [-0.2, -0.15) is 0 Å². The summed E-state index contributed by atoms with van der Waals surface area (Å²) in [5, 5.41) is 9.97. The summed E-state index contributed by atoms with van der Waals surface area (Å²) in [6, 6.07) is 13.3. The van der Waals surface area contributed by atoms with Crippen molar-refractivity contribution in [1.82, 2.24) is 15.2 Å². The Labute approximate surface area is 185 Å². The Morgan fingerprint density at radius 3 is 2.65 bits per heavy atom. The van der Waals surface area contributed by atoms with Gasteiger partial charge in [0.2, 0.25) is 5.91 Å². The van der Waals surface area contributed by atoms with Gasteiger partial charge in [0, 0.05) is 30.6 Å². The van der Waals surface area contributed by atoms with E-state index >= 15 is 0 Å². The molecule has 7 nitrogen and oxygen atoms in total. The van der Waals surface area contributed by atoms with Crippen LogP contribution in [0.3, 0.4) is 0 Å². The smallest absolute Gasteiger partial charge is 0.251 e. The highest BCUT2D eigenvalue weighted by molar-refractivity contribution is 7.13. The third-order valence-corrected chi connectivity index (χ3v) is 5.91. The third kappa shape index (κ3) is 5.66. The van der Waals surface area contributed by atoms with Gasteiger partial charge in [-0.05, 0) is 36.8 Å². The minimum absolute atomic E-state index is 0.112. The molecule has 1 aliphatic rings. The largest absolute Gasteiger partial charge is 0.373 e. The number of benzene rings is 2. The molecule has 1 saturated heterocycles. The van der Waals surface area contributed by atoms with E-state index in [0.29, 0.717) is 10.7 Å². The van der Waals surface area contributed by atoms with Crippen molar-refractivity contribution in [2.45, 2.75) is 32.6 Å². The van der Waals surface area contributed by atoms with E-state index in [4.69, 9.17) is 4.74 Å². The van der Waals surface area contributed by atoms with Gasteiger partial charge in [-0.15, -0.1) is 11.3 Å². The first-order valence-corrected chi connectivity index (χ1v) is 11.2. The first kappa shape index (κ1) is 21.4. The fourth-order valence-corrected chi connectivity index (χ4v) is 4.55. The molecule has 2 aromatic carbocycles. The molecule has 3 aromatic rings. The topological polar surface area (TPSA) is 83.6 Å². The lowest BCUT2D eigenvalue weighted by atomic mass is 10.1. The van der Waals surface area contributed by atoms with E-state index in [-0.39, 0.29) is 30.6 Å². The molecule has 2 N–H and O–H groups in total. The molecule has 0 unspecified atom stereocenters. The number of aromatic nitrogens is 1. The predicted octanol–water partition coefficient (Wildman–Crippen LogP) is 3.27. The maximum Gasteiger partial charge on any atom is 0.251 e. The second-order valence-electron chi connectivity index (χ2n) is 7.89. The molecule has 0 aliphatic carbocycles. The Morgan fingerprint density at radius 1 is 1.13 bits per heavy atom. The van der Waals surface area contributed by atoms with Crippen molar-refractivity contribution in [3.05, 3.63) is 59.1 Å². The number of nitrogens with one attached hydrogen (secondary N) is 2. The number of nitrogens with zero attached hydrogens (tertiary/aromatic N) is 2. The lowest BCUT2D eigenvalue weighted by Gasteiger charge is -2.34. The molecule has 2 amide bonds. The van der Waals surface area contributed by atoms with Gasteiger partial charge >= 0.3 is 0 Å². The van der Waals surface area contributed by atoms with Gasteiger partial charge in [0.1, 0.15) is 0 Å². The number of hydrogen-bond acceptors (Lipinski definition) is 6. The van der Waals surface area contributed by atoms with Crippen LogP contribution in [0.4, 0.5) is 5.13 Å². The van der Waals surface area contributed by atoms with E-state index in [1.807, 2.05) is 41.8 Å². The molecule has 4 rings (SSSR count). The predicted molar refractivity (Wildman–Crippen MR) is 122 cm³/mol. The van der Waals surface area contributed by atoms with Crippen LogP contribution >= 0.6 is 11.3 Å². The Balaban J connectivity index is 1.27. The van der Waals surface area contributed by atoms with E-state index in [9.17, 15) is 9.59 Å². The van der Waals surface area contributed by atoms with Crippen LogP contribution in [0, 0.1) is 0 Å². The SMILES string of the molecule is C[C@H]1CN(Cc2csc(NC(=O)CNC(=O)c3ccc4ccccc4c3)n2)C[C@H](C)O1. The van der Waals surface area contributed by atoms with E-state index in [1.165, 1.54) is 11.3 Å². The molecule has 0 radical (unpaired) electrons. The van der Waals surface area contributed by atoms with Crippen molar-refractivity contribution >= 4 is 39.1 Å². The van der Waals surface area contributed by atoms with Crippen molar-refractivity contribution in [1.29, 1.82) is 0 Å². The third-order valence-electron chi connectivity index (χ3n) is 5.10. The number of amides is 2. The number of rotatable bonds is 6. The Hall–Kier alpha value is -2.81. The zero-order valence-corrected chi connectivity index (χ0v) is 18.4. The Bertz CT molecular complexity index is 1070. The molecule has 1 aromatic heterocycles. The summed E-state index contributed by atoms with van der Waals surface area (Å²) in [7, 11) is 0. The number of ether oxygens (including phenoxy) is 1. The van der Waals surface area contributed by atoms with Crippen molar-refractivity contribution in [3.63, 3.8) is 0 Å². The molecule has 0 bridgehead atoms. The summed E-state index contributed by atoms with van der Waals surface area (Å²) < 4.78 is 5.76. The molecule has 0 saturated carbocycles. The maximum atomic E-state index is 12.4. The second kappa shape index (κ2) is 9.55. The summed E-state index contributed by atoms with van der Waals surface area (Å²) in [5.41, 5.74) is 1.44. The number of morpholine rings is 1. The van der Waals surface area contributed by atoms with Crippen molar-refractivity contribution in [3.8, 4) is 0 Å². The van der Waals surface area contributed by atoms with Crippen LogP contribution in [0.25, 0.3) is 10.8 Å². The highest BCUT2D eigenvalue weighted by Gasteiger charge is 2.22. The maximum absolute atomic E-state index is 12.4. The molecular formula is C23H26N4O3S. The summed E-state index contributed by atoms with van der Waals surface area (Å²) in [4.78, 5) is 31.5. The zero-order chi connectivity index (χ0) is 21.8. The molecule has 162 valence electrons. The first-order valence-electron chi connectivity index (χ1n) is 10.4. The van der Waals surface area contributed by atoms with E-state index in [0.717, 1.165) is 36.1 Å². The Morgan fingerprint density at radius 2 is 1.87 bits per heavy atom. The van der Waals surface area contributed by atoms with Crippen LogP contribution in [-0.4, -0.2) is 53.5 Å². The van der Waals surface area contributed by atoms with E-state index < -0.39 is 0 Å². The zero-order valence-electron chi connectivity index (χ0n) is 17.6.